The molecule has 0 saturated heterocycles. The van der Waals surface area contributed by atoms with Crippen molar-refractivity contribution in [2.75, 3.05) is 0 Å². The van der Waals surface area contributed by atoms with Gasteiger partial charge in [0.15, 0.2) is 0 Å². The molecule has 0 aliphatic heterocycles. The number of fused-ring (bicyclic) bond motifs is 1. The van der Waals surface area contributed by atoms with E-state index in [9.17, 15) is 0 Å². The largest absolute Gasteiger partial charge is 0.143 e. The Bertz CT molecular complexity index is 506. The van der Waals surface area contributed by atoms with Gasteiger partial charge in [0.2, 0.25) is 0 Å². The second-order valence-electron chi connectivity index (χ2n) is 3.44. The lowest BCUT2D eigenvalue weighted by Gasteiger charge is -1.98. The highest BCUT2D eigenvalue weighted by Crippen LogP contribution is 2.36. The van der Waals surface area contributed by atoms with Gasteiger partial charge in [-0.05, 0) is 31.0 Å². The van der Waals surface area contributed by atoms with Gasteiger partial charge in [-0.15, -0.1) is 24.0 Å². The minimum absolute atomic E-state index is 1.08. The third-order valence-electron chi connectivity index (χ3n) is 2.46. The maximum atomic E-state index is 4.54. The third kappa shape index (κ3) is 1.84. The number of hydrogen-bond donors (Lipinski definition) is 1. The molecule has 2 aromatic rings. The molecule has 2 heteroatoms. The van der Waals surface area contributed by atoms with Crippen LogP contribution in [0.4, 0.5) is 0 Å². The summed E-state index contributed by atoms with van der Waals surface area (Å²) >= 11 is 6.42. The van der Waals surface area contributed by atoms with E-state index in [0.29, 0.717) is 0 Å². The van der Waals surface area contributed by atoms with Gasteiger partial charge in [-0.1, -0.05) is 25.1 Å². The second-order valence-corrected chi connectivity index (χ2v) is 5.06. The van der Waals surface area contributed by atoms with Crippen LogP contribution in [0.2, 0.25) is 0 Å². The van der Waals surface area contributed by atoms with Crippen molar-refractivity contribution in [3.05, 3.63) is 34.7 Å². The minimum atomic E-state index is 1.08. The molecule has 0 aliphatic carbocycles. The molecule has 0 unspecified atom stereocenters. The fraction of sp³-hybridized carbons (Fsp3) is 0.231. The van der Waals surface area contributed by atoms with E-state index in [-0.39, 0.29) is 0 Å². The maximum absolute atomic E-state index is 4.54. The highest BCUT2D eigenvalue weighted by atomic mass is 32.1. The van der Waals surface area contributed by atoms with Crippen LogP contribution < -0.4 is 0 Å². The van der Waals surface area contributed by atoms with Crippen LogP contribution in [0.1, 0.15) is 24.3 Å². The molecule has 78 valence electrons. The van der Waals surface area contributed by atoms with Crippen molar-refractivity contribution in [3.63, 3.8) is 0 Å². The van der Waals surface area contributed by atoms with Gasteiger partial charge in [-0.3, -0.25) is 0 Å². The molecule has 1 aromatic heterocycles. The van der Waals surface area contributed by atoms with E-state index in [0.717, 1.165) is 11.3 Å². The van der Waals surface area contributed by atoms with Crippen molar-refractivity contribution < 1.29 is 0 Å². The summed E-state index contributed by atoms with van der Waals surface area (Å²) in [6, 6.07) is 6.30. The summed E-state index contributed by atoms with van der Waals surface area (Å²) in [6.07, 6.45) is 5.38. The molecule has 1 aromatic carbocycles. The molecule has 0 spiro atoms. The predicted octanol–water partition coefficient (Wildman–Crippen LogP) is 4.79. The fourth-order valence-corrected chi connectivity index (χ4v) is 3.37. The number of thiol groups is 1. The van der Waals surface area contributed by atoms with Gasteiger partial charge in [0.25, 0.3) is 0 Å². The summed E-state index contributed by atoms with van der Waals surface area (Å²) in [4.78, 5) is 2.53. The van der Waals surface area contributed by atoms with Crippen molar-refractivity contribution in [1.82, 2.24) is 0 Å². The zero-order valence-corrected chi connectivity index (χ0v) is 10.7. The summed E-state index contributed by atoms with van der Waals surface area (Å²) in [7, 11) is 0. The molecule has 0 amide bonds. The molecule has 0 saturated carbocycles. The van der Waals surface area contributed by atoms with E-state index >= 15 is 0 Å². The second kappa shape index (κ2) is 4.42. The van der Waals surface area contributed by atoms with Crippen molar-refractivity contribution >= 4 is 40.1 Å². The molecule has 1 heterocycles. The van der Waals surface area contributed by atoms with E-state index in [1.165, 1.54) is 20.5 Å². The number of thiophene rings is 1. The first-order valence-electron chi connectivity index (χ1n) is 5.14. The van der Waals surface area contributed by atoms with Gasteiger partial charge >= 0.3 is 0 Å². The lowest BCUT2D eigenvalue weighted by molar-refractivity contribution is 1.18. The summed E-state index contributed by atoms with van der Waals surface area (Å²) < 4.78 is 1.34. The van der Waals surface area contributed by atoms with Gasteiger partial charge in [0.1, 0.15) is 0 Å². The smallest absolute Gasteiger partial charge is 0.0363 e. The summed E-state index contributed by atoms with van der Waals surface area (Å²) in [5.74, 6) is 0. The number of hydrogen-bond acceptors (Lipinski definition) is 2. The molecule has 0 aliphatic rings. The number of rotatable bonds is 2. The van der Waals surface area contributed by atoms with Crippen LogP contribution in [-0.4, -0.2) is 0 Å². The highest BCUT2D eigenvalue weighted by Gasteiger charge is 2.09. The maximum Gasteiger partial charge on any atom is 0.0363 e. The summed E-state index contributed by atoms with van der Waals surface area (Å²) in [5.41, 5.74) is 1.35. The Kier molecular flexibility index (Phi) is 3.17. The average Bonchev–Trinajstić information content (AvgIpc) is 2.58. The van der Waals surface area contributed by atoms with Crippen LogP contribution in [0.25, 0.3) is 16.2 Å². The molecule has 2 rings (SSSR count). The SMILES string of the molecule is C/C=C\c1c(CC)sc2cccc(S)c12. The Balaban J connectivity index is 2.82. The minimum Gasteiger partial charge on any atom is -0.143 e. The lowest BCUT2D eigenvalue weighted by Crippen LogP contribution is -1.78. The molecule has 0 radical (unpaired) electrons. The van der Waals surface area contributed by atoms with E-state index < -0.39 is 0 Å². The van der Waals surface area contributed by atoms with Gasteiger partial charge in [0.05, 0.1) is 0 Å². The monoisotopic (exact) mass is 234 g/mol. The van der Waals surface area contributed by atoms with Crippen molar-refractivity contribution in [2.24, 2.45) is 0 Å². The molecule has 0 N–H and O–H groups in total. The number of benzene rings is 1. The van der Waals surface area contributed by atoms with Gasteiger partial charge in [0, 0.05) is 19.9 Å². The van der Waals surface area contributed by atoms with E-state index in [4.69, 9.17) is 0 Å². The number of allylic oxidation sites excluding steroid dienone is 1. The molecular formula is C13H14S2. The Hall–Kier alpha value is -0.730. The van der Waals surface area contributed by atoms with Gasteiger partial charge in [-0.25, -0.2) is 0 Å². The molecular weight excluding hydrogens is 220 g/mol. The van der Waals surface area contributed by atoms with Crippen LogP contribution in [0.15, 0.2) is 29.2 Å². The first-order chi connectivity index (χ1) is 7.27. The summed E-state index contributed by atoms with van der Waals surface area (Å²) in [5, 5.41) is 1.31. The average molecular weight is 234 g/mol. The molecule has 0 nitrogen and oxygen atoms in total. The van der Waals surface area contributed by atoms with Crippen molar-refractivity contribution in [1.29, 1.82) is 0 Å². The van der Waals surface area contributed by atoms with Crippen LogP contribution in [-0.2, 0) is 6.42 Å². The Morgan fingerprint density at radius 1 is 1.40 bits per heavy atom. The molecule has 0 bridgehead atoms. The molecule has 0 atom stereocenters. The first-order valence-corrected chi connectivity index (χ1v) is 6.40. The van der Waals surface area contributed by atoms with Crippen LogP contribution in [0, 0.1) is 0 Å². The quantitative estimate of drug-likeness (QED) is 0.710. The van der Waals surface area contributed by atoms with Crippen LogP contribution in [0.5, 0.6) is 0 Å². The molecule has 0 fully saturated rings. The topological polar surface area (TPSA) is 0 Å². The zero-order valence-electron chi connectivity index (χ0n) is 8.95. The Morgan fingerprint density at radius 2 is 2.20 bits per heavy atom. The predicted molar refractivity (Wildman–Crippen MR) is 73.2 cm³/mol. The normalized spacial score (nSPS) is 11.7. The fourth-order valence-electron chi connectivity index (χ4n) is 1.81. The van der Waals surface area contributed by atoms with E-state index in [1.807, 2.05) is 11.3 Å². The summed E-state index contributed by atoms with van der Waals surface area (Å²) in [6.45, 7) is 4.26. The Morgan fingerprint density at radius 3 is 2.87 bits per heavy atom. The van der Waals surface area contributed by atoms with E-state index in [2.05, 4.69) is 56.8 Å². The number of aryl methyl sites for hydroxylation is 1. The first kappa shape index (κ1) is 10.8. The molecule has 15 heavy (non-hydrogen) atoms. The van der Waals surface area contributed by atoms with Crippen molar-refractivity contribution in [2.45, 2.75) is 25.2 Å². The van der Waals surface area contributed by atoms with Gasteiger partial charge < -0.3 is 0 Å². The Labute approximate surface area is 100 Å². The third-order valence-corrected chi connectivity index (χ3v) is 4.15. The van der Waals surface area contributed by atoms with Gasteiger partial charge in [-0.2, -0.15) is 0 Å². The zero-order chi connectivity index (χ0) is 10.8. The van der Waals surface area contributed by atoms with Crippen molar-refractivity contribution in [3.8, 4) is 0 Å². The standard InChI is InChI=1S/C13H14S2/c1-3-6-9-11(4-2)15-12-8-5-7-10(14)13(9)12/h3,5-8,14H,4H2,1-2H3/b6-3-. The van der Waals surface area contributed by atoms with E-state index in [1.54, 1.807) is 0 Å². The lowest BCUT2D eigenvalue weighted by atomic mass is 10.1. The highest BCUT2D eigenvalue weighted by molar-refractivity contribution is 7.80. The van der Waals surface area contributed by atoms with Crippen LogP contribution >= 0.6 is 24.0 Å². The van der Waals surface area contributed by atoms with Crippen LogP contribution in [0.3, 0.4) is 0 Å².